The van der Waals surface area contributed by atoms with Crippen LogP contribution in [0.1, 0.15) is 42.9 Å². The molecule has 0 aliphatic heterocycles. The van der Waals surface area contributed by atoms with E-state index in [0.717, 1.165) is 11.1 Å². The van der Waals surface area contributed by atoms with Gasteiger partial charge in [0.15, 0.2) is 0 Å². The highest BCUT2D eigenvalue weighted by molar-refractivity contribution is 5.87. The van der Waals surface area contributed by atoms with Crippen molar-refractivity contribution < 1.29 is 14.0 Å². The topological polar surface area (TPSA) is 49.4 Å². The molecule has 2 amide bonds. The van der Waals surface area contributed by atoms with Crippen molar-refractivity contribution in [1.29, 1.82) is 0 Å². The van der Waals surface area contributed by atoms with E-state index in [9.17, 15) is 14.0 Å². The van der Waals surface area contributed by atoms with Gasteiger partial charge in [0.1, 0.15) is 11.9 Å². The number of halogens is 1. The zero-order chi connectivity index (χ0) is 22.9. The summed E-state index contributed by atoms with van der Waals surface area (Å²) in [7, 11) is 0. The van der Waals surface area contributed by atoms with Crippen LogP contribution in [-0.2, 0) is 16.1 Å². The van der Waals surface area contributed by atoms with Crippen LogP contribution in [0.2, 0.25) is 0 Å². The molecule has 3 aromatic carbocycles. The maximum absolute atomic E-state index is 14.4. The fourth-order valence-corrected chi connectivity index (χ4v) is 3.81. The van der Waals surface area contributed by atoms with Crippen LogP contribution in [0.25, 0.3) is 0 Å². The Morgan fingerprint density at radius 3 is 1.94 bits per heavy atom. The summed E-state index contributed by atoms with van der Waals surface area (Å²) in [6.07, 6.45) is 0.173. The molecule has 0 spiro atoms. The molecule has 0 unspecified atom stereocenters. The number of carbonyl (C=O) groups excluding carboxylic acids is 2. The Morgan fingerprint density at radius 2 is 1.41 bits per heavy atom. The van der Waals surface area contributed by atoms with Crippen molar-refractivity contribution in [3.8, 4) is 0 Å². The Morgan fingerprint density at radius 1 is 0.875 bits per heavy atom. The van der Waals surface area contributed by atoms with Gasteiger partial charge in [-0.25, -0.2) is 4.39 Å². The molecular formula is C27H29FN2O2. The normalized spacial score (nSPS) is 11.8. The molecule has 1 atom stereocenters. The summed E-state index contributed by atoms with van der Waals surface area (Å²) in [4.78, 5) is 27.7. The zero-order valence-electron chi connectivity index (χ0n) is 18.5. The maximum atomic E-state index is 14.4. The first-order chi connectivity index (χ1) is 15.5. The molecule has 3 rings (SSSR count). The van der Waals surface area contributed by atoms with Crippen LogP contribution in [0, 0.1) is 5.82 Å². The van der Waals surface area contributed by atoms with Crippen LogP contribution < -0.4 is 5.32 Å². The molecule has 0 aliphatic carbocycles. The van der Waals surface area contributed by atoms with E-state index >= 15 is 0 Å². The lowest BCUT2D eigenvalue weighted by Gasteiger charge is -2.30. The Balaban J connectivity index is 1.92. The number of carbonyl (C=O) groups is 2. The highest BCUT2D eigenvalue weighted by Gasteiger charge is 2.29. The Kier molecular flexibility index (Phi) is 8.14. The van der Waals surface area contributed by atoms with E-state index in [2.05, 4.69) is 5.32 Å². The number of likely N-dealkylation sites (N-methyl/N-ethyl adjacent to an activating group) is 1. The summed E-state index contributed by atoms with van der Waals surface area (Å²) < 4.78 is 14.4. The van der Waals surface area contributed by atoms with Gasteiger partial charge in [-0.2, -0.15) is 0 Å². The smallest absolute Gasteiger partial charge is 0.242 e. The average molecular weight is 433 g/mol. The lowest BCUT2D eigenvalue weighted by atomic mass is 9.88. The van der Waals surface area contributed by atoms with Crippen molar-refractivity contribution >= 4 is 11.8 Å². The first kappa shape index (κ1) is 23.2. The molecule has 0 aromatic heterocycles. The molecule has 0 bridgehead atoms. The molecule has 32 heavy (non-hydrogen) atoms. The summed E-state index contributed by atoms with van der Waals surface area (Å²) in [6.45, 7) is 4.00. The minimum Gasteiger partial charge on any atom is -0.355 e. The van der Waals surface area contributed by atoms with Crippen molar-refractivity contribution in [3.63, 3.8) is 0 Å². The molecule has 0 heterocycles. The maximum Gasteiger partial charge on any atom is 0.242 e. The number of hydrogen-bond donors (Lipinski definition) is 1. The number of benzene rings is 3. The number of hydrogen-bond acceptors (Lipinski definition) is 2. The Hall–Kier alpha value is -3.47. The van der Waals surface area contributed by atoms with Gasteiger partial charge in [-0.05, 0) is 31.0 Å². The third-order valence-corrected chi connectivity index (χ3v) is 5.60. The van der Waals surface area contributed by atoms with Gasteiger partial charge in [-0.15, -0.1) is 0 Å². The molecule has 1 N–H and O–H groups in total. The number of amides is 2. The fourth-order valence-electron chi connectivity index (χ4n) is 3.81. The molecule has 0 fully saturated rings. The van der Waals surface area contributed by atoms with Crippen molar-refractivity contribution in [2.75, 3.05) is 6.54 Å². The van der Waals surface area contributed by atoms with Crippen LogP contribution in [0.3, 0.4) is 0 Å². The van der Waals surface area contributed by atoms with E-state index in [0.29, 0.717) is 12.1 Å². The summed E-state index contributed by atoms with van der Waals surface area (Å²) in [6, 6.07) is 25.3. The predicted molar refractivity (Wildman–Crippen MR) is 124 cm³/mol. The molecular weight excluding hydrogens is 403 g/mol. The molecule has 3 aromatic rings. The van der Waals surface area contributed by atoms with Gasteiger partial charge in [0.2, 0.25) is 11.8 Å². The lowest BCUT2D eigenvalue weighted by molar-refractivity contribution is -0.140. The molecule has 0 saturated carbocycles. The van der Waals surface area contributed by atoms with Gasteiger partial charge in [0.05, 0.1) is 0 Å². The van der Waals surface area contributed by atoms with Gasteiger partial charge < -0.3 is 10.2 Å². The monoisotopic (exact) mass is 432 g/mol. The van der Waals surface area contributed by atoms with E-state index in [1.165, 1.54) is 11.0 Å². The van der Waals surface area contributed by atoms with Crippen molar-refractivity contribution in [3.05, 3.63) is 107 Å². The fraction of sp³-hybridized carbons (Fsp3) is 0.259. The lowest BCUT2D eigenvalue weighted by Crippen LogP contribution is -2.48. The van der Waals surface area contributed by atoms with Gasteiger partial charge in [0.25, 0.3) is 0 Å². The minimum atomic E-state index is -0.728. The van der Waals surface area contributed by atoms with Crippen LogP contribution in [0.5, 0.6) is 0 Å². The first-order valence-electron chi connectivity index (χ1n) is 10.9. The SMILES string of the molecule is CCNC(=O)[C@@H](C)N(Cc1ccccc1F)C(=O)CC(c1ccccc1)c1ccccc1. The molecule has 0 radical (unpaired) electrons. The summed E-state index contributed by atoms with van der Waals surface area (Å²) >= 11 is 0. The van der Waals surface area contributed by atoms with Gasteiger partial charge in [-0.3, -0.25) is 9.59 Å². The van der Waals surface area contributed by atoms with E-state index in [-0.39, 0.29) is 30.7 Å². The second-order valence-electron chi connectivity index (χ2n) is 7.76. The number of nitrogens with zero attached hydrogens (tertiary/aromatic N) is 1. The van der Waals surface area contributed by atoms with E-state index in [4.69, 9.17) is 0 Å². The second-order valence-corrected chi connectivity index (χ2v) is 7.76. The Labute approximate surface area is 189 Å². The van der Waals surface area contributed by atoms with E-state index in [1.807, 2.05) is 67.6 Å². The quantitative estimate of drug-likeness (QED) is 0.523. The molecule has 0 aliphatic rings. The van der Waals surface area contributed by atoms with E-state index < -0.39 is 11.9 Å². The summed E-state index contributed by atoms with van der Waals surface area (Å²) in [5.41, 5.74) is 2.42. The van der Waals surface area contributed by atoms with Crippen LogP contribution in [0.15, 0.2) is 84.9 Å². The molecule has 4 nitrogen and oxygen atoms in total. The van der Waals surface area contributed by atoms with E-state index in [1.54, 1.807) is 25.1 Å². The van der Waals surface area contributed by atoms with Crippen molar-refractivity contribution in [2.24, 2.45) is 0 Å². The average Bonchev–Trinajstić information content (AvgIpc) is 2.82. The largest absolute Gasteiger partial charge is 0.355 e. The van der Waals surface area contributed by atoms with Crippen LogP contribution in [-0.4, -0.2) is 29.3 Å². The highest BCUT2D eigenvalue weighted by atomic mass is 19.1. The molecule has 0 saturated heterocycles. The highest BCUT2D eigenvalue weighted by Crippen LogP contribution is 2.29. The third-order valence-electron chi connectivity index (χ3n) is 5.60. The summed E-state index contributed by atoms with van der Waals surface area (Å²) in [5.74, 6) is -1.02. The molecule has 5 heteroatoms. The Bertz CT molecular complexity index is 985. The zero-order valence-corrected chi connectivity index (χ0v) is 18.5. The first-order valence-corrected chi connectivity index (χ1v) is 10.9. The second kappa shape index (κ2) is 11.2. The van der Waals surface area contributed by atoms with Crippen LogP contribution in [0.4, 0.5) is 4.39 Å². The standard InChI is InChI=1S/C27H29FN2O2/c1-3-29-27(32)20(2)30(19-23-16-10-11-17-25(23)28)26(31)18-24(21-12-6-4-7-13-21)22-14-8-5-9-15-22/h4-17,20,24H,3,18-19H2,1-2H3,(H,29,32)/t20-/m1/s1. The van der Waals surface area contributed by atoms with Crippen molar-refractivity contribution in [1.82, 2.24) is 10.2 Å². The number of nitrogens with one attached hydrogen (secondary N) is 1. The van der Waals surface area contributed by atoms with Crippen LogP contribution >= 0.6 is 0 Å². The van der Waals surface area contributed by atoms with Gasteiger partial charge in [-0.1, -0.05) is 78.9 Å². The molecule has 166 valence electrons. The summed E-state index contributed by atoms with van der Waals surface area (Å²) in [5, 5.41) is 2.77. The third kappa shape index (κ3) is 5.82. The van der Waals surface area contributed by atoms with Gasteiger partial charge >= 0.3 is 0 Å². The number of rotatable bonds is 9. The van der Waals surface area contributed by atoms with Crippen molar-refractivity contribution in [2.45, 2.75) is 38.8 Å². The van der Waals surface area contributed by atoms with Gasteiger partial charge in [0, 0.05) is 31.0 Å². The minimum absolute atomic E-state index is 0.0279. The predicted octanol–water partition coefficient (Wildman–Crippen LogP) is 4.90.